The van der Waals surface area contributed by atoms with Gasteiger partial charge in [0.2, 0.25) is 5.78 Å². The summed E-state index contributed by atoms with van der Waals surface area (Å²) < 4.78 is 59.0. The van der Waals surface area contributed by atoms with Crippen molar-refractivity contribution in [3.63, 3.8) is 0 Å². The van der Waals surface area contributed by atoms with Crippen molar-refractivity contribution < 1.29 is 37.0 Å². The minimum absolute atomic E-state index is 0.451. The third-order valence-corrected chi connectivity index (χ3v) is 3.09. The Bertz CT molecular complexity index is 833. The predicted molar refractivity (Wildman–Crippen MR) is 74.2 cm³/mol. The van der Waals surface area contributed by atoms with Crippen LogP contribution in [-0.2, 0) is 0 Å². The number of carbonyl (C=O) groups excluding carboxylic acids is 2. The quantitative estimate of drug-likeness (QED) is 0.668. The number of aromatic hydroxyl groups is 1. The Labute approximate surface area is 133 Å². The Morgan fingerprint density at radius 2 is 1.71 bits per heavy atom. The number of benzene rings is 2. The minimum Gasteiger partial charge on any atom is -0.505 e. The number of ether oxygens (including phenoxy) is 1. The summed E-state index contributed by atoms with van der Waals surface area (Å²) in [6, 6.07) is 2.66. The molecular weight excluding hydrogens is 332 g/mol. The molecule has 126 valence electrons. The average molecular weight is 342 g/mol. The zero-order chi connectivity index (χ0) is 18.0. The number of carbonyl (C=O) groups is 2. The molecule has 0 bridgehead atoms. The summed E-state index contributed by atoms with van der Waals surface area (Å²) >= 11 is 0. The second kappa shape index (κ2) is 6.69. The van der Waals surface area contributed by atoms with E-state index in [1.807, 2.05) is 0 Å². The van der Waals surface area contributed by atoms with Crippen LogP contribution in [0.25, 0.3) is 0 Å². The maximum absolute atomic E-state index is 14.0. The SMILES string of the molecule is CC(=O)c1ccc(F)c(OCC(=O)c2cc(F)cc(O)c2F)c1F. The molecule has 0 aliphatic rings. The minimum atomic E-state index is -1.39. The number of phenols is 1. The van der Waals surface area contributed by atoms with Crippen LogP contribution in [0.5, 0.6) is 11.5 Å². The lowest BCUT2D eigenvalue weighted by Gasteiger charge is -2.10. The fourth-order valence-corrected chi connectivity index (χ4v) is 1.93. The molecule has 8 heteroatoms. The largest absolute Gasteiger partial charge is 0.505 e. The highest BCUT2D eigenvalue weighted by Crippen LogP contribution is 2.26. The monoisotopic (exact) mass is 342 g/mol. The van der Waals surface area contributed by atoms with Crippen molar-refractivity contribution in [2.24, 2.45) is 0 Å². The van der Waals surface area contributed by atoms with Gasteiger partial charge >= 0.3 is 0 Å². The maximum Gasteiger partial charge on any atom is 0.203 e. The van der Waals surface area contributed by atoms with Gasteiger partial charge in [0.1, 0.15) is 5.82 Å². The first-order valence-corrected chi connectivity index (χ1v) is 6.55. The number of halogens is 4. The fourth-order valence-electron chi connectivity index (χ4n) is 1.93. The highest BCUT2D eigenvalue weighted by Gasteiger charge is 2.21. The van der Waals surface area contributed by atoms with E-state index < -0.39 is 64.1 Å². The molecule has 2 aromatic carbocycles. The molecule has 2 aromatic rings. The molecule has 0 atom stereocenters. The Balaban J connectivity index is 2.27. The zero-order valence-corrected chi connectivity index (χ0v) is 12.2. The van der Waals surface area contributed by atoms with Crippen LogP contribution >= 0.6 is 0 Å². The van der Waals surface area contributed by atoms with Crippen molar-refractivity contribution in [3.8, 4) is 11.5 Å². The summed E-state index contributed by atoms with van der Waals surface area (Å²) in [5.74, 6) is -8.87. The van der Waals surface area contributed by atoms with Gasteiger partial charge in [0.05, 0.1) is 11.1 Å². The number of ketones is 2. The lowest BCUT2D eigenvalue weighted by Crippen LogP contribution is -2.15. The van der Waals surface area contributed by atoms with E-state index in [0.717, 1.165) is 19.1 Å². The van der Waals surface area contributed by atoms with Gasteiger partial charge in [0.25, 0.3) is 0 Å². The fraction of sp³-hybridized carbons (Fsp3) is 0.125. The lowest BCUT2D eigenvalue weighted by atomic mass is 10.1. The van der Waals surface area contributed by atoms with Crippen LogP contribution in [0.1, 0.15) is 27.6 Å². The molecule has 0 spiro atoms. The van der Waals surface area contributed by atoms with E-state index >= 15 is 0 Å². The van der Waals surface area contributed by atoms with Crippen molar-refractivity contribution in [3.05, 3.63) is 58.7 Å². The normalized spacial score (nSPS) is 10.5. The highest BCUT2D eigenvalue weighted by atomic mass is 19.1. The summed E-state index contributed by atoms with van der Waals surface area (Å²) in [5.41, 5.74) is -1.29. The van der Waals surface area contributed by atoms with E-state index in [2.05, 4.69) is 4.74 Å². The van der Waals surface area contributed by atoms with E-state index in [1.54, 1.807) is 0 Å². The maximum atomic E-state index is 14.0. The van der Waals surface area contributed by atoms with Gasteiger partial charge in [0.15, 0.2) is 41.3 Å². The molecular formula is C16H10F4O4. The predicted octanol–water partition coefficient (Wildman–Crippen LogP) is 3.41. The Kier molecular flexibility index (Phi) is 4.87. The molecule has 0 saturated carbocycles. The second-order valence-corrected chi connectivity index (χ2v) is 4.79. The molecule has 0 aromatic heterocycles. The standard InChI is InChI=1S/C16H10F4O4/c1-7(21)9-2-3-11(18)16(15(9)20)24-6-13(23)10-4-8(17)5-12(22)14(10)19/h2-5,22H,6H2,1H3. The first kappa shape index (κ1) is 17.5. The van der Waals surface area contributed by atoms with E-state index in [9.17, 15) is 27.2 Å². The first-order chi connectivity index (χ1) is 11.2. The zero-order valence-electron chi connectivity index (χ0n) is 12.2. The Morgan fingerprint density at radius 3 is 2.33 bits per heavy atom. The number of hydrogen-bond acceptors (Lipinski definition) is 4. The third-order valence-electron chi connectivity index (χ3n) is 3.09. The second-order valence-electron chi connectivity index (χ2n) is 4.79. The molecule has 0 aliphatic heterocycles. The topological polar surface area (TPSA) is 63.6 Å². The molecule has 0 fully saturated rings. The van der Waals surface area contributed by atoms with E-state index in [-0.39, 0.29) is 0 Å². The summed E-state index contributed by atoms with van der Waals surface area (Å²) in [4.78, 5) is 23.0. The number of Topliss-reactive ketones (excluding diaryl/α,β-unsaturated/α-hetero) is 2. The smallest absolute Gasteiger partial charge is 0.203 e. The van der Waals surface area contributed by atoms with Gasteiger partial charge < -0.3 is 9.84 Å². The van der Waals surface area contributed by atoms with Crippen LogP contribution < -0.4 is 4.74 Å². The molecule has 0 unspecified atom stereocenters. The molecule has 0 radical (unpaired) electrons. The van der Waals surface area contributed by atoms with Crippen LogP contribution in [0.15, 0.2) is 24.3 Å². The Hall–Kier alpha value is -2.90. The van der Waals surface area contributed by atoms with Crippen LogP contribution in [0, 0.1) is 23.3 Å². The van der Waals surface area contributed by atoms with Gasteiger partial charge in [-0.2, -0.15) is 0 Å². The molecule has 4 nitrogen and oxygen atoms in total. The lowest BCUT2D eigenvalue weighted by molar-refractivity contribution is 0.0910. The number of rotatable bonds is 5. The molecule has 0 heterocycles. The van der Waals surface area contributed by atoms with E-state index in [1.165, 1.54) is 0 Å². The molecule has 0 saturated heterocycles. The molecule has 24 heavy (non-hydrogen) atoms. The number of hydrogen-bond donors (Lipinski definition) is 1. The molecule has 2 rings (SSSR count). The summed E-state index contributed by atoms with van der Waals surface area (Å²) in [6.45, 7) is 0.0190. The van der Waals surface area contributed by atoms with E-state index in [0.29, 0.717) is 12.1 Å². The summed E-state index contributed by atoms with van der Waals surface area (Å²) in [7, 11) is 0. The molecule has 0 aliphatic carbocycles. The van der Waals surface area contributed by atoms with Crippen LogP contribution in [0.2, 0.25) is 0 Å². The van der Waals surface area contributed by atoms with Crippen molar-refractivity contribution in [2.75, 3.05) is 6.61 Å². The van der Waals surface area contributed by atoms with Gasteiger partial charge in [-0.25, -0.2) is 17.6 Å². The Morgan fingerprint density at radius 1 is 1.04 bits per heavy atom. The van der Waals surface area contributed by atoms with Crippen molar-refractivity contribution in [2.45, 2.75) is 6.92 Å². The highest BCUT2D eigenvalue weighted by molar-refractivity contribution is 5.98. The van der Waals surface area contributed by atoms with Crippen LogP contribution in [-0.4, -0.2) is 23.3 Å². The third kappa shape index (κ3) is 3.37. The van der Waals surface area contributed by atoms with Gasteiger partial charge in [0, 0.05) is 6.07 Å². The molecule has 0 amide bonds. The van der Waals surface area contributed by atoms with Crippen molar-refractivity contribution in [1.82, 2.24) is 0 Å². The van der Waals surface area contributed by atoms with Crippen LogP contribution in [0.3, 0.4) is 0 Å². The summed E-state index contributed by atoms with van der Waals surface area (Å²) in [5, 5.41) is 9.14. The number of phenolic OH excluding ortho intramolecular Hbond substituents is 1. The van der Waals surface area contributed by atoms with Crippen molar-refractivity contribution >= 4 is 11.6 Å². The van der Waals surface area contributed by atoms with Crippen LogP contribution in [0.4, 0.5) is 17.6 Å². The first-order valence-electron chi connectivity index (χ1n) is 6.55. The van der Waals surface area contributed by atoms with Gasteiger partial charge in [-0.15, -0.1) is 0 Å². The average Bonchev–Trinajstić information content (AvgIpc) is 2.50. The van der Waals surface area contributed by atoms with Gasteiger partial charge in [-0.1, -0.05) is 0 Å². The van der Waals surface area contributed by atoms with E-state index in [4.69, 9.17) is 5.11 Å². The van der Waals surface area contributed by atoms with Gasteiger partial charge in [-0.05, 0) is 25.1 Å². The molecule has 1 N–H and O–H groups in total. The van der Waals surface area contributed by atoms with Crippen molar-refractivity contribution in [1.29, 1.82) is 0 Å². The van der Waals surface area contributed by atoms with Gasteiger partial charge in [-0.3, -0.25) is 9.59 Å². The summed E-state index contributed by atoms with van der Waals surface area (Å²) in [6.07, 6.45) is 0.